The summed E-state index contributed by atoms with van der Waals surface area (Å²) in [5.74, 6) is 0.670. The Morgan fingerprint density at radius 1 is 1.18 bits per heavy atom. The number of para-hydroxylation sites is 1. The third-order valence-electron chi connectivity index (χ3n) is 6.61. The van der Waals surface area contributed by atoms with Gasteiger partial charge in [0.15, 0.2) is 10.9 Å². The molecule has 4 nitrogen and oxygen atoms in total. The molecule has 174 valence electrons. The SMILES string of the molecule is CCc1ccc(C(=O)C(C)Sc2nc3sc4c(c3c(=O)n2-c2ccccc2)CCC(C)C4)cc1. The number of Topliss-reactive ketones (excluding diaryl/α,β-unsaturated/α-hetero) is 1. The molecule has 0 N–H and O–H groups in total. The van der Waals surface area contributed by atoms with Gasteiger partial charge in [-0.25, -0.2) is 4.98 Å². The Labute approximate surface area is 208 Å². The predicted octanol–water partition coefficient (Wildman–Crippen LogP) is 6.50. The lowest BCUT2D eigenvalue weighted by Gasteiger charge is -2.18. The molecule has 6 heteroatoms. The number of ketones is 1. The van der Waals surface area contributed by atoms with E-state index in [9.17, 15) is 9.59 Å². The largest absolute Gasteiger partial charge is 0.293 e. The second-order valence-electron chi connectivity index (χ2n) is 9.08. The fraction of sp³-hybridized carbons (Fsp3) is 0.321. The lowest BCUT2D eigenvalue weighted by atomic mass is 9.89. The minimum atomic E-state index is -0.374. The van der Waals surface area contributed by atoms with E-state index in [-0.39, 0.29) is 16.6 Å². The molecule has 1 aliphatic rings. The topological polar surface area (TPSA) is 52.0 Å². The molecule has 1 aliphatic carbocycles. The van der Waals surface area contributed by atoms with Crippen LogP contribution < -0.4 is 5.56 Å². The molecule has 34 heavy (non-hydrogen) atoms. The fourth-order valence-electron chi connectivity index (χ4n) is 4.61. The zero-order valence-electron chi connectivity index (χ0n) is 19.7. The second-order valence-corrected chi connectivity index (χ2v) is 11.5. The summed E-state index contributed by atoms with van der Waals surface area (Å²) in [5.41, 5.74) is 3.82. The standard InChI is InChI=1S/C28H28N2O2S2/c1-4-19-11-13-20(14-12-19)25(31)18(3)33-28-29-26-24(22-15-10-17(2)16-23(22)34-26)27(32)30(28)21-8-6-5-7-9-21/h5-9,11-14,17-18H,4,10,15-16H2,1-3H3. The van der Waals surface area contributed by atoms with Crippen LogP contribution in [0.1, 0.15) is 53.6 Å². The lowest BCUT2D eigenvalue weighted by Crippen LogP contribution is -2.24. The van der Waals surface area contributed by atoms with E-state index in [1.807, 2.05) is 61.5 Å². The Bertz CT molecular complexity index is 1400. The Hall–Kier alpha value is -2.70. The first-order valence-electron chi connectivity index (χ1n) is 11.9. The van der Waals surface area contributed by atoms with Gasteiger partial charge in [0.25, 0.3) is 5.56 Å². The van der Waals surface area contributed by atoms with E-state index >= 15 is 0 Å². The van der Waals surface area contributed by atoms with Crippen LogP contribution in [0.3, 0.4) is 0 Å². The van der Waals surface area contributed by atoms with Crippen molar-refractivity contribution < 1.29 is 4.79 Å². The molecule has 0 bridgehead atoms. The molecule has 5 rings (SSSR count). The highest BCUT2D eigenvalue weighted by atomic mass is 32.2. The summed E-state index contributed by atoms with van der Waals surface area (Å²) in [6.45, 7) is 6.27. The van der Waals surface area contributed by atoms with E-state index in [1.54, 1.807) is 15.9 Å². The monoisotopic (exact) mass is 488 g/mol. The van der Waals surface area contributed by atoms with Gasteiger partial charge in [0, 0.05) is 10.4 Å². The summed E-state index contributed by atoms with van der Waals surface area (Å²) in [7, 11) is 0. The summed E-state index contributed by atoms with van der Waals surface area (Å²) in [6.07, 6.45) is 3.97. The maximum Gasteiger partial charge on any atom is 0.267 e. The number of nitrogens with zero attached hydrogens (tertiary/aromatic N) is 2. The maximum atomic E-state index is 13.9. The van der Waals surface area contributed by atoms with Crippen molar-refractivity contribution in [3.63, 3.8) is 0 Å². The molecule has 2 heterocycles. The van der Waals surface area contributed by atoms with Crippen molar-refractivity contribution in [2.24, 2.45) is 5.92 Å². The number of carbonyl (C=O) groups excluding carboxylic acids is 1. The third kappa shape index (κ3) is 4.25. The molecular weight excluding hydrogens is 460 g/mol. The molecule has 4 aromatic rings. The van der Waals surface area contributed by atoms with Gasteiger partial charge in [0.05, 0.1) is 16.3 Å². The smallest absolute Gasteiger partial charge is 0.267 e. The zero-order chi connectivity index (χ0) is 23.8. The van der Waals surface area contributed by atoms with E-state index in [4.69, 9.17) is 4.98 Å². The first-order valence-corrected chi connectivity index (χ1v) is 13.6. The van der Waals surface area contributed by atoms with Crippen molar-refractivity contribution >= 4 is 39.1 Å². The molecule has 2 aromatic heterocycles. The van der Waals surface area contributed by atoms with Gasteiger partial charge in [-0.2, -0.15) is 0 Å². The van der Waals surface area contributed by atoms with Crippen LogP contribution in [0.25, 0.3) is 15.9 Å². The minimum Gasteiger partial charge on any atom is -0.293 e. The molecule has 0 amide bonds. The highest BCUT2D eigenvalue weighted by Crippen LogP contribution is 2.37. The average molecular weight is 489 g/mol. The summed E-state index contributed by atoms with van der Waals surface area (Å²) in [6, 6.07) is 17.4. The molecule has 0 spiro atoms. The quantitative estimate of drug-likeness (QED) is 0.177. The number of hydrogen-bond acceptors (Lipinski definition) is 5. The number of rotatable bonds is 6. The number of carbonyl (C=O) groups is 1. The van der Waals surface area contributed by atoms with Crippen LogP contribution in [-0.2, 0) is 19.3 Å². The van der Waals surface area contributed by atoms with Gasteiger partial charge in [0.2, 0.25) is 0 Å². The van der Waals surface area contributed by atoms with Gasteiger partial charge in [-0.1, -0.05) is 68.1 Å². The lowest BCUT2D eigenvalue weighted by molar-refractivity contribution is 0.0994. The van der Waals surface area contributed by atoms with Gasteiger partial charge >= 0.3 is 0 Å². The number of thioether (sulfide) groups is 1. The summed E-state index contributed by atoms with van der Waals surface area (Å²) >= 11 is 3.01. The Balaban J connectivity index is 1.59. The zero-order valence-corrected chi connectivity index (χ0v) is 21.3. The first kappa shape index (κ1) is 23.1. The van der Waals surface area contributed by atoms with E-state index in [0.29, 0.717) is 16.6 Å². The van der Waals surface area contributed by atoms with Crippen molar-refractivity contribution in [1.82, 2.24) is 9.55 Å². The third-order valence-corrected chi connectivity index (χ3v) is 8.81. The van der Waals surface area contributed by atoms with Gasteiger partial charge in [0.1, 0.15) is 4.83 Å². The predicted molar refractivity (Wildman–Crippen MR) is 142 cm³/mol. The number of aromatic nitrogens is 2. The van der Waals surface area contributed by atoms with Gasteiger partial charge in [-0.3, -0.25) is 14.2 Å². The average Bonchev–Trinajstić information content (AvgIpc) is 3.21. The summed E-state index contributed by atoms with van der Waals surface area (Å²) < 4.78 is 1.70. The molecule has 2 unspecified atom stereocenters. The molecule has 0 saturated heterocycles. The highest BCUT2D eigenvalue weighted by Gasteiger charge is 2.27. The van der Waals surface area contributed by atoms with Crippen LogP contribution >= 0.6 is 23.1 Å². The van der Waals surface area contributed by atoms with E-state index in [2.05, 4.69) is 13.8 Å². The number of benzene rings is 2. The van der Waals surface area contributed by atoms with Crippen LogP contribution in [0.2, 0.25) is 0 Å². The number of hydrogen-bond donors (Lipinski definition) is 0. The number of fused-ring (bicyclic) bond motifs is 3. The maximum absolute atomic E-state index is 13.9. The van der Waals surface area contributed by atoms with Crippen molar-refractivity contribution in [2.75, 3.05) is 0 Å². The van der Waals surface area contributed by atoms with Crippen LogP contribution in [0.4, 0.5) is 0 Å². The fourth-order valence-corrected chi connectivity index (χ4v) is 7.03. The molecule has 0 saturated carbocycles. The van der Waals surface area contributed by atoms with Crippen LogP contribution in [0, 0.1) is 5.92 Å². The molecule has 2 atom stereocenters. The Kier molecular flexibility index (Phi) is 6.45. The van der Waals surface area contributed by atoms with E-state index in [0.717, 1.165) is 41.6 Å². The first-order chi connectivity index (χ1) is 16.5. The van der Waals surface area contributed by atoms with Crippen molar-refractivity contribution in [1.29, 1.82) is 0 Å². The summed E-state index contributed by atoms with van der Waals surface area (Å²) in [4.78, 5) is 34.2. The molecule has 0 aliphatic heterocycles. The van der Waals surface area contributed by atoms with E-state index < -0.39 is 0 Å². The van der Waals surface area contributed by atoms with Crippen LogP contribution in [0.5, 0.6) is 0 Å². The van der Waals surface area contributed by atoms with E-state index in [1.165, 1.54) is 27.8 Å². The van der Waals surface area contributed by atoms with Gasteiger partial charge in [-0.15, -0.1) is 11.3 Å². The second kappa shape index (κ2) is 9.51. The van der Waals surface area contributed by atoms with Crippen LogP contribution in [0.15, 0.2) is 64.5 Å². The minimum absolute atomic E-state index is 0.0299. The molecule has 2 aromatic carbocycles. The normalized spacial score (nSPS) is 16.4. The van der Waals surface area contributed by atoms with Crippen molar-refractivity contribution in [2.45, 2.75) is 56.9 Å². The van der Waals surface area contributed by atoms with Crippen LogP contribution in [-0.4, -0.2) is 20.6 Å². The molecule has 0 radical (unpaired) electrons. The Morgan fingerprint density at radius 2 is 1.91 bits per heavy atom. The van der Waals surface area contributed by atoms with Gasteiger partial charge < -0.3 is 0 Å². The highest BCUT2D eigenvalue weighted by molar-refractivity contribution is 8.00. The number of thiophene rings is 1. The van der Waals surface area contributed by atoms with Gasteiger partial charge in [-0.05, 0) is 61.8 Å². The number of aryl methyl sites for hydroxylation is 2. The molecule has 0 fully saturated rings. The van der Waals surface area contributed by atoms with Crippen molar-refractivity contribution in [3.8, 4) is 5.69 Å². The molecular formula is C28H28N2O2S2. The Morgan fingerprint density at radius 3 is 2.62 bits per heavy atom. The van der Waals surface area contributed by atoms with Crippen molar-refractivity contribution in [3.05, 3.63) is 86.5 Å². The summed E-state index contributed by atoms with van der Waals surface area (Å²) in [5, 5.41) is 0.956.